The number of hydrogen-bond acceptors (Lipinski definition) is 1. The molecule has 2 heteroatoms. The van der Waals surface area contributed by atoms with Gasteiger partial charge in [-0.05, 0) is 30.4 Å². The minimum atomic E-state index is -0.163. The molecule has 1 aromatic rings. The predicted octanol–water partition coefficient (Wildman–Crippen LogP) is 3.98. The molecule has 0 fully saturated rings. The summed E-state index contributed by atoms with van der Waals surface area (Å²) in [4.78, 5) is 0. The van der Waals surface area contributed by atoms with Crippen LogP contribution in [0.4, 0.5) is 10.1 Å². The van der Waals surface area contributed by atoms with Crippen LogP contribution >= 0.6 is 0 Å². The Labute approximate surface area is 91.7 Å². The van der Waals surface area contributed by atoms with E-state index in [2.05, 4.69) is 26.1 Å². The Bertz CT molecular complexity index is 306. The van der Waals surface area contributed by atoms with Crippen molar-refractivity contribution >= 4 is 5.69 Å². The SMILES string of the molecule is Cc1cccc(F)c1NCCC(C)(C)C. The van der Waals surface area contributed by atoms with E-state index in [-0.39, 0.29) is 11.2 Å². The maximum Gasteiger partial charge on any atom is 0.146 e. The monoisotopic (exact) mass is 209 g/mol. The Kier molecular flexibility index (Phi) is 3.72. The van der Waals surface area contributed by atoms with Gasteiger partial charge in [-0.1, -0.05) is 32.9 Å². The fraction of sp³-hybridized carbons (Fsp3) is 0.538. The largest absolute Gasteiger partial charge is 0.382 e. The lowest BCUT2D eigenvalue weighted by molar-refractivity contribution is 0.389. The van der Waals surface area contributed by atoms with E-state index < -0.39 is 0 Å². The standard InChI is InChI=1S/C13H20FN/c1-10-6-5-7-11(14)12(10)15-9-8-13(2,3)4/h5-7,15H,8-9H2,1-4H3. The van der Waals surface area contributed by atoms with Crippen molar-refractivity contribution in [1.29, 1.82) is 0 Å². The maximum absolute atomic E-state index is 13.4. The average Bonchev–Trinajstić information content (AvgIpc) is 2.08. The van der Waals surface area contributed by atoms with Crippen LogP contribution in [0.1, 0.15) is 32.8 Å². The van der Waals surface area contributed by atoms with Crippen molar-refractivity contribution < 1.29 is 4.39 Å². The van der Waals surface area contributed by atoms with Gasteiger partial charge in [0.05, 0.1) is 5.69 Å². The van der Waals surface area contributed by atoms with Crippen LogP contribution in [0.2, 0.25) is 0 Å². The van der Waals surface area contributed by atoms with Crippen molar-refractivity contribution in [3.05, 3.63) is 29.6 Å². The van der Waals surface area contributed by atoms with E-state index in [1.54, 1.807) is 6.07 Å². The second-order valence-corrected chi connectivity index (χ2v) is 5.17. The zero-order valence-electron chi connectivity index (χ0n) is 10.0. The van der Waals surface area contributed by atoms with Crippen molar-refractivity contribution in [2.75, 3.05) is 11.9 Å². The van der Waals surface area contributed by atoms with Gasteiger partial charge < -0.3 is 5.32 Å². The third kappa shape index (κ3) is 3.90. The minimum absolute atomic E-state index is 0.163. The van der Waals surface area contributed by atoms with Crippen molar-refractivity contribution in [3.8, 4) is 0 Å². The lowest BCUT2D eigenvalue weighted by Gasteiger charge is -2.19. The molecule has 0 bridgehead atoms. The Hall–Kier alpha value is -1.05. The second kappa shape index (κ2) is 4.65. The van der Waals surface area contributed by atoms with Crippen molar-refractivity contribution in [1.82, 2.24) is 0 Å². The van der Waals surface area contributed by atoms with Gasteiger partial charge in [-0.25, -0.2) is 4.39 Å². The first-order valence-electron chi connectivity index (χ1n) is 5.39. The fourth-order valence-corrected chi connectivity index (χ4v) is 1.42. The topological polar surface area (TPSA) is 12.0 Å². The summed E-state index contributed by atoms with van der Waals surface area (Å²) in [7, 11) is 0. The van der Waals surface area contributed by atoms with E-state index in [4.69, 9.17) is 0 Å². The summed E-state index contributed by atoms with van der Waals surface area (Å²) in [6.07, 6.45) is 1.03. The van der Waals surface area contributed by atoms with Gasteiger partial charge in [0.1, 0.15) is 5.82 Å². The van der Waals surface area contributed by atoms with Gasteiger partial charge in [0, 0.05) is 6.54 Å². The summed E-state index contributed by atoms with van der Waals surface area (Å²) in [5, 5.41) is 3.16. The molecule has 84 valence electrons. The third-order valence-electron chi connectivity index (χ3n) is 2.40. The molecule has 0 aliphatic carbocycles. The smallest absolute Gasteiger partial charge is 0.146 e. The third-order valence-corrected chi connectivity index (χ3v) is 2.40. The Balaban J connectivity index is 2.58. The summed E-state index contributed by atoms with van der Waals surface area (Å²) >= 11 is 0. The minimum Gasteiger partial charge on any atom is -0.382 e. The Morgan fingerprint density at radius 1 is 1.27 bits per heavy atom. The molecule has 0 saturated heterocycles. The van der Waals surface area contributed by atoms with Gasteiger partial charge in [-0.3, -0.25) is 0 Å². The number of halogens is 1. The molecule has 0 aliphatic rings. The molecule has 0 saturated carbocycles. The number of benzene rings is 1. The molecule has 0 radical (unpaired) electrons. The molecule has 0 atom stereocenters. The van der Waals surface area contributed by atoms with Crippen molar-refractivity contribution in [3.63, 3.8) is 0 Å². The first kappa shape index (κ1) is 12.0. The second-order valence-electron chi connectivity index (χ2n) is 5.17. The van der Waals surface area contributed by atoms with Crippen LogP contribution < -0.4 is 5.32 Å². The molecular formula is C13H20FN. The highest BCUT2D eigenvalue weighted by Gasteiger charge is 2.10. The van der Waals surface area contributed by atoms with Crippen LogP contribution in [-0.2, 0) is 0 Å². The molecular weight excluding hydrogens is 189 g/mol. The van der Waals surface area contributed by atoms with Gasteiger partial charge in [0.15, 0.2) is 0 Å². The van der Waals surface area contributed by atoms with Gasteiger partial charge in [0.25, 0.3) is 0 Å². The van der Waals surface area contributed by atoms with Crippen LogP contribution in [0.5, 0.6) is 0 Å². The number of hydrogen-bond donors (Lipinski definition) is 1. The molecule has 15 heavy (non-hydrogen) atoms. The van der Waals surface area contributed by atoms with E-state index in [9.17, 15) is 4.39 Å². The van der Waals surface area contributed by atoms with Crippen LogP contribution in [0, 0.1) is 18.2 Å². The first-order valence-corrected chi connectivity index (χ1v) is 5.39. The lowest BCUT2D eigenvalue weighted by atomic mass is 9.92. The zero-order chi connectivity index (χ0) is 11.5. The van der Waals surface area contributed by atoms with E-state index in [0.717, 1.165) is 18.5 Å². The summed E-state index contributed by atoms with van der Waals surface area (Å²) in [5.74, 6) is -0.163. The molecule has 1 N–H and O–H groups in total. The molecule has 0 spiro atoms. The molecule has 0 heterocycles. The van der Waals surface area contributed by atoms with Gasteiger partial charge >= 0.3 is 0 Å². The molecule has 1 nitrogen and oxygen atoms in total. The Morgan fingerprint density at radius 2 is 1.93 bits per heavy atom. The van der Waals surface area contributed by atoms with Crippen molar-refractivity contribution in [2.24, 2.45) is 5.41 Å². The Morgan fingerprint density at radius 3 is 2.47 bits per heavy atom. The summed E-state index contributed by atoms with van der Waals surface area (Å²) in [6, 6.07) is 5.15. The first-order chi connectivity index (χ1) is 6.90. The molecule has 0 unspecified atom stereocenters. The quantitative estimate of drug-likeness (QED) is 0.794. The van der Waals surface area contributed by atoms with E-state index in [1.807, 2.05) is 13.0 Å². The molecule has 0 amide bonds. The van der Waals surface area contributed by atoms with Gasteiger partial charge in [-0.2, -0.15) is 0 Å². The summed E-state index contributed by atoms with van der Waals surface area (Å²) in [6.45, 7) is 9.28. The van der Waals surface area contributed by atoms with E-state index in [0.29, 0.717) is 5.69 Å². The van der Waals surface area contributed by atoms with Crippen LogP contribution in [-0.4, -0.2) is 6.54 Å². The van der Waals surface area contributed by atoms with Gasteiger partial charge in [-0.15, -0.1) is 0 Å². The van der Waals surface area contributed by atoms with Crippen LogP contribution in [0.25, 0.3) is 0 Å². The highest BCUT2D eigenvalue weighted by Crippen LogP contribution is 2.21. The molecule has 1 aromatic carbocycles. The molecule has 0 aliphatic heterocycles. The normalized spacial score (nSPS) is 11.5. The molecule has 1 rings (SSSR count). The van der Waals surface area contributed by atoms with E-state index >= 15 is 0 Å². The predicted molar refractivity (Wildman–Crippen MR) is 63.7 cm³/mol. The summed E-state index contributed by atoms with van der Waals surface area (Å²) < 4.78 is 13.4. The summed E-state index contributed by atoms with van der Waals surface area (Å²) in [5.41, 5.74) is 1.89. The fourth-order valence-electron chi connectivity index (χ4n) is 1.42. The number of rotatable bonds is 3. The number of aryl methyl sites for hydroxylation is 1. The van der Waals surface area contributed by atoms with Crippen LogP contribution in [0.3, 0.4) is 0 Å². The zero-order valence-corrected chi connectivity index (χ0v) is 10.0. The average molecular weight is 209 g/mol. The number of anilines is 1. The highest BCUT2D eigenvalue weighted by atomic mass is 19.1. The lowest BCUT2D eigenvalue weighted by Crippen LogP contribution is -2.14. The number of para-hydroxylation sites is 1. The van der Waals surface area contributed by atoms with Crippen LogP contribution in [0.15, 0.2) is 18.2 Å². The van der Waals surface area contributed by atoms with Gasteiger partial charge in [0.2, 0.25) is 0 Å². The highest BCUT2D eigenvalue weighted by molar-refractivity contribution is 5.51. The molecule has 0 aromatic heterocycles. The maximum atomic E-state index is 13.4. The number of nitrogens with one attached hydrogen (secondary N) is 1. The van der Waals surface area contributed by atoms with Crippen molar-refractivity contribution in [2.45, 2.75) is 34.1 Å². The van der Waals surface area contributed by atoms with E-state index in [1.165, 1.54) is 6.07 Å².